The highest BCUT2D eigenvalue weighted by Crippen LogP contribution is 2.31. The van der Waals surface area contributed by atoms with Crippen LogP contribution in [0.2, 0.25) is 0 Å². The summed E-state index contributed by atoms with van der Waals surface area (Å²) < 4.78 is 37.7. The maximum absolute atomic E-state index is 12.6. The number of nitrogens with zero attached hydrogens (tertiary/aromatic N) is 1. The van der Waals surface area contributed by atoms with Crippen LogP contribution in [0.1, 0.15) is 27.2 Å². The first-order valence-electron chi connectivity index (χ1n) is 4.92. The van der Waals surface area contributed by atoms with Crippen molar-refractivity contribution in [3.8, 4) is 0 Å². The first-order valence-corrected chi connectivity index (χ1v) is 4.92. The van der Waals surface area contributed by atoms with Crippen LogP contribution in [0, 0.1) is 5.92 Å². The van der Waals surface area contributed by atoms with Crippen molar-refractivity contribution in [2.45, 2.75) is 45.5 Å². The summed E-state index contributed by atoms with van der Waals surface area (Å²) in [6.07, 6.45) is -3.97. The highest BCUT2D eigenvalue weighted by atomic mass is 19.4. The highest BCUT2D eigenvalue weighted by molar-refractivity contribution is 4.86. The fourth-order valence-electron chi connectivity index (χ4n) is 1.65. The molecule has 0 bridgehead atoms. The minimum Gasteiger partial charge on any atom is -0.254 e. The fraction of sp³-hybridized carbons (Fsp3) is 1.00. The van der Waals surface area contributed by atoms with E-state index < -0.39 is 12.2 Å². The zero-order valence-corrected chi connectivity index (χ0v) is 8.73. The van der Waals surface area contributed by atoms with Gasteiger partial charge in [-0.3, -0.25) is 5.43 Å². The lowest BCUT2D eigenvalue weighted by Gasteiger charge is -2.33. The van der Waals surface area contributed by atoms with Crippen LogP contribution in [0.15, 0.2) is 0 Å². The topological polar surface area (TPSA) is 15.3 Å². The molecule has 1 fully saturated rings. The van der Waals surface area contributed by atoms with Crippen LogP contribution in [-0.2, 0) is 0 Å². The van der Waals surface area contributed by atoms with Crippen LogP contribution in [0.4, 0.5) is 13.2 Å². The highest BCUT2D eigenvalue weighted by Gasteiger charge is 2.47. The third-order valence-corrected chi connectivity index (χ3v) is 2.83. The van der Waals surface area contributed by atoms with Gasteiger partial charge < -0.3 is 0 Å². The van der Waals surface area contributed by atoms with Gasteiger partial charge in [-0.25, -0.2) is 5.01 Å². The Morgan fingerprint density at radius 3 is 2.29 bits per heavy atom. The van der Waals surface area contributed by atoms with Gasteiger partial charge in [0.2, 0.25) is 0 Å². The van der Waals surface area contributed by atoms with E-state index in [1.165, 1.54) is 5.01 Å². The second-order valence-electron chi connectivity index (χ2n) is 4.15. The summed E-state index contributed by atoms with van der Waals surface area (Å²) in [5.41, 5.74) is 2.81. The SMILES string of the molecule is CC(C)[C@@H](C)N1NCCC1C(F)(F)F. The van der Waals surface area contributed by atoms with E-state index in [1.54, 1.807) is 0 Å². The molecule has 0 aliphatic carbocycles. The van der Waals surface area contributed by atoms with Crippen molar-refractivity contribution in [2.24, 2.45) is 5.92 Å². The van der Waals surface area contributed by atoms with Crippen LogP contribution < -0.4 is 5.43 Å². The Morgan fingerprint density at radius 1 is 1.29 bits per heavy atom. The van der Waals surface area contributed by atoms with Gasteiger partial charge in [-0.05, 0) is 19.3 Å². The van der Waals surface area contributed by atoms with Crippen molar-refractivity contribution >= 4 is 0 Å². The lowest BCUT2D eigenvalue weighted by atomic mass is 10.0. The van der Waals surface area contributed by atoms with Crippen molar-refractivity contribution in [1.29, 1.82) is 0 Å². The maximum Gasteiger partial charge on any atom is 0.405 e. The summed E-state index contributed by atoms with van der Waals surface area (Å²) >= 11 is 0. The fourth-order valence-corrected chi connectivity index (χ4v) is 1.65. The van der Waals surface area contributed by atoms with Crippen LogP contribution in [0.25, 0.3) is 0 Å². The monoisotopic (exact) mass is 210 g/mol. The first-order chi connectivity index (χ1) is 6.34. The maximum atomic E-state index is 12.6. The molecule has 1 saturated heterocycles. The van der Waals surface area contributed by atoms with Gasteiger partial charge in [0.15, 0.2) is 0 Å². The lowest BCUT2D eigenvalue weighted by Crippen LogP contribution is -2.51. The van der Waals surface area contributed by atoms with E-state index in [1.807, 2.05) is 20.8 Å². The van der Waals surface area contributed by atoms with Crippen molar-refractivity contribution in [2.75, 3.05) is 6.54 Å². The molecule has 1 unspecified atom stereocenters. The number of hydrogen-bond acceptors (Lipinski definition) is 2. The second-order valence-corrected chi connectivity index (χ2v) is 4.15. The van der Waals surface area contributed by atoms with Crippen LogP contribution in [-0.4, -0.2) is 29.8 Å². The van der Waals surface area contributed by atoms with Crippen molar-refractivity contribution in [1.82, 2.24) is 10.4 Å². The number of hydrazine groups is 1. The molecule has 84 valence electrons. The van der Waals surface area contributed by atoms with Crippen LogP contribution in [0.5, 0.6) is 0 Å². The molecule has 14 heavy (non-hydrogen) atoms. The first kappa shape index (κ1) is 11.8. The van der Waals surface area contributed by atoms with E-state index >= 15 is 0 Å². The van der Waals surface area contributed by atoms with Crippen molar-refractivity contribution in [3.63, 3.8) is 0 Å². The molecule has 0 radical (unpaired) electrons. The number of alkyl halides is 3. The van der Waals surface area contributed by atoms with E-state index in [0.29, 0.717) is 6.54 Å². The van der Waals surface area contributed by atoms with Crippen LogP contribution >= 0.6 is 0 Å². The van der Waals surface area contributed by atoms with Gasteiger partial charge >= 0.3 is 6.18 Å². The second kappa shape index (κ2) is 4.06. The third kappa shape index (κ3) is 2.39. The van der Waals surface area contributed by atoms with Crippen molar-refractivity contribution < 1.29 is 13.2 Å². The molecule has 2 atom stereocenters. The summed E-state index contributed by atoms with van der Waals surface area (Å²) in [5, 5.41) is 1.35. The Balaban J connectivity index is 2.69. The summed E-state index contributed by atoms with van der Waals surface area (Å²) in [5.74, 6) is 0.213. The average Bonchev–Trinajstić information content (AvgIpc) is 2.48. The number of rotatable bonds is 2. The Labute approximate surface area is 82.4 Å². The van der Waals surface area contributed by atoms with Gasteiger partial charge in [0.05, 0.1) is 0 Å². The minimum absolute atomic E-state index is 0.0934. The molecule has 0 aromatic rings. The quantitative estimate of drug-likeness (QED) is 0.751. The predicted octanol–water partition coefficient (Wildman–Crippen LogP) is 2.17. The number of nitrogens with one attached hydrogen (secondary N) is 1. The third-order valence-electron chi connectivity index (χ3n) is 2.83. The molecule has 0 aromatic heterocycles. The molecular formula is C9H17F3N2. The van der Waals surface area contributed by atoms with E-state index in [9.17, 15) is 13.2 Å². The standard InChI is InChI=1S/C9H17F3N2/c1-6(2)7(3)14-8(4-5-13-14)9(10,11)12/h6-8,13H,4-5H2,1-3H3/t7-,8?/m1/s1. The average molecular weight is 210 g/mol. The summed E-state index contributed by atoms with van der Waals surface area (Å²) in [6.45, 7) is 6.10. The molecular weight excluding hydrogens is 193 g/mol. The lowest BCUT2D eigenvalue weighted by molar-refractivity contribution is -0.187. The van der Waals surface area contributed by atoms with Gasteiger partial charge in [0.25, 0.3) is 0 Å². The Hall–Kier alpha value is -0.290. The Kier molecular flexibility index (Phi) is 3.42. The molecule has 0 saturated carbocycles. The normalized spacial score (nSPS) is 27.2. The van der Waals surface area contributed by atoms with Gasteiger partial charge in [0, 0.05) is 12.6 Å². The largest absolute Gasteiger partial charge is 0.405 e. The molecule has 1 aliphatic heterocycles. The predicted molar refractivity (Wildman–Crippen MR) is 48.6 cm³/mol. The van der Waals surface area contributed by atoms with E-state index in [0.717, 1.165) is 0 Å². The molecule has 1 rings (SSSR count). The molecule has 1 heterocycles. The van der Waals surface area contributed by atoms with Gasteiger partial charge in [-0.15, -0.1) is 0 Å². The zero-order chi connectivity index (χ0) is 10.9. The van der Waals surface area contributed by atoms with E-state index in [4.69, 9.17) is 0 Å². The molecule has 1 aliphatic rings. The Bertz CT molecular complexity index is 191. The molecule has 0 spiro atoms. The van der Waals surface area contributed by atoms with Crippen LogP contribution in [0.3, 0.4) is 0 Å². The van der Waals surface area contributed by atoms with Gasteiger partial charge in [-0.2, -0.15) is 13.2 Å². The number of halogens is 3. The molecule has 2 nitrogen and oxygen atoms in total. The summed E-state index contributed by atoms with van der Waals surface area (Å²) in [4.78, 5) is 0. The number of hydrogen-bond donors (Lipinski definition) is 1. The summed E-state index contributed by atoms with van der Waals surface area (Å²) in [6, 6.07) is -1.41. The minimum atomic E-state index is -4.12. The molecule has 0 aromatic carbocycles. The van der Waals surface area contributed by atoms with Gasteiger partial charge in [-0.1, -0.05) is 13.8 Å². The van der Waals surface area contributed by atoms with Gasteiger partial charge in [0.1, 0.15) is 6.04 Å². The summed E-state index contributed by atoms with van der Waals surface area (Å²) in [7, 11) is 0. The Morgan fingerprint density at radius 2 is 1.86 bits per heavy atom. The molecule has 0 amide bonds. The molecule has 1 N–H and O–H groups in total. The van der Waals surface area contributed by atoms with Crippen molar-refractivity contribution in [3.05, 3.63) is 0 Å². The van der Waals surface area contributed by atoms with E-state index in [2.05, 4.69) is 5.43 Å². The van der Waals surface area contributed by atoms with E-state index in [-0.39, 0.29) is 18.4 Å². The molecule has 5 heteroatoms. The smallest absolute Gasteiger partial charge is 0.254 e. The zero-order valence-electron chi connectivity index (χ0n) is 8.73.